The summed E-state index contributed by atoms with van der Waals surface area (Å²) >= 11 is 0. The molecule has 1 aliphatic rings. The van der Waals surface area contributed by atoms with Gasteiger partial charge in [0.1, 0.15) is 17.7 Å². The van der Waals surface area contributed by atoms with Crippen LogP contribution in [0.1, 0.15) is 42.0 Å². The monoisotopic (exact) mass is 555 g/mol. The van der Waals surface area contributed by atoms with Gasteiger partial charge < -0.3 is 20.1 Å². The summed E-state index contributed by atoms with van der Waals surface area (Å²) in [5.74, 6) is -0.433. The molecule has 1 aliphatic heterocycles. The van der Waals surface area contributed by atoms with E-state index in [1.165, 1.54) is 4.31 Å². The van der Waals surface area contributed by atoms with E-state index in [0.717, 1.165) is 49.7 Å². The number of nitrogen functional groups attached to an aromatic ring is 1. The van der Waals surface area contributed by atoms with Crippen LogP contribution in [0.5, 0.6) is 5.75 Å². The fraction of sp³-hybridized carbons (Fsp3) is 0.393. The molecular weight excluding hydrogens is 518 g/mol. The number of anilines is 1. The number of piperidine rings is 1. The van der Waals surface area contributed by atoms with Crippen LogP contribution in [-0.2, 0) is 19.6 Å². The van der Waals surface area contributed by atoms with Crippen molar-refractivity contribution in [1.82, 2.24) is 4.90 Å². The molecule has 0 unspecified atom stereocenters. The second kappa shape index (κ2) is 12.8. The normalized spacial score (nSPS) is 14.3. The third-order valence-corrected chi connectivity index (χ3v) is 8.21. The molecule has 3 rings (SSSR count). The molecule has 0 radical (unpaired) electrons. The van der Waals surface area contributed by atoms with Crippen molar-refractivity contribution in [3.63, 3.8) is 0 Å². The van der Waals surface area contributed by atoms with Gasteiger partial charge in [0, 0.05) is 31.5 Å². The summed E-state index contributed by atoms with van der Waals surface area (Å²) in [6.07, 6.45) is 5.03. The molecule has 1 heterocycles. The molecule has 0 amide bonds. The average molecular weight is 556 g/mol. The van der Waals surface area contributed by atoms with E-state index in [1.54, 1.807) is 49.4 Å². The summed E-state index contributed by atoms with van der Waals surface area (Å²) in [5.41, 5.74) is 8.88. The number of likely N-dealkylation sites (tertiary alicyclic amines) is 1. The van der Waals surface area contributed by atoms with Crippen LogP contribution in [0.15, 0.2) is 42.5 Å². The number of aryl methyl sites for hydroxylation is 2. The lowest BCUT2D eigenvalue weighted by Crippen LogP contribution is -2.40. The third-order valence-electron chi connectivity index (χ3n) is 6.58. The molecule has 1 fully saturated rings. The van der Waals surface area contributed by atoms with E-state index in [2.05, 4.69) is 4.74 Å². The molecule has 0 bridgehead atoms. The Labute approximate surface area is 230 Å². The Morgan fingerprint density at radius 3 is 2.36 bits per heavy atom. The highest BCUT2D eigenvalue weighted by Crippen LogP contribution is 2.32. The zero-order chi connectivity index (χ0) is 28.7. The minimum Gasteiger partial charge on any atom is -0.490 e. The quantitative estimate of drug-likeness (QED) is 0.231. The van der Waals surface area contributed by atoms with E-state index in [1.807, 2.05) is 24.8 Å². The minimum absolute atomic E-state index is 0.0108. The highest BCUT2D eigenvalue weighted by molar-refractivity contribution is 7.93. The summed E-state index contributed by atoms with van der Waals surface area (Å²) in [6.45, 7) is 7.03. The zero-order valence-electron chi connectivity index (χ0n) is 22.9. The fourth-order valence-electron chi connectivity index (χ4n) is 4.49. The predicted molar refractivity (Wildman–Crippen MR) is 154 cm³/mol. The molecule has 0 spiro atoms. The average Bonchev–Trinajstić information content (AvgIpc) is 2.88. The first-order valence-corrected chi connectivity index (χ1v) is 14.3. The first kappa shape index (κ1) is 29.7. The number of benzene rings is 2. The van der Waals surface area contributed by atoms with Crippen LogP contribution in [0.4, 0.5) is 5.69 Å². The van der Waals surface area contributed by atoms with Crippen molar-refractivity contribution in [3.8, 4) is 5.75 Å². The van der Waals surface area contributed by atoms with Crippen LogP contribution in [0.25, 0.3) is 6.08 Å². The van der Waals surface area contributed by atoms with E-state index < -0.39 is 21.7 Å². The standard InChI is InChI=1S/C28H37N5O5S/c1-19-15-24(16-20(2)27(19)38-25-10-13-32(14-11-25)21(3)29)33(39(35,36)18-26(34)37-4)12-6-8-22-7-5-9-23(17-22)28(30)31/h5-9,15-17,25,29H,10-14,18H2,1-4H3,(H3,30,31)/b8-6+,29-21?. The molecule has 0 aliphatic carbocycles. The molecule has 210 valence electrons. The SMILES string of the molecule is COC(=O)CS(=O)(=O)N(C/C=C/c1cccc(C(=N)N)c1)c1cc(C)c(OC2CCN(C(C)=N)CC2)c(C)c1. The van der Waals surface area contributed by atoms with Crippen molar-refractivity contribution >= 4 is 39.4 Å². The summed E-state index contributed by atoms with van der Waals surface area (Å²) in [6, 6.07) is 10.5. The maximum Gasteiger partial charge on any atom is 0.322 e. The predicted octanol–water partition coefficient (Wildman–Crippen LogP) is 3.45. The lowest BCUT2D eigenvalue weighted by atomic mass is 10.1. The molecular formula is C28H37N5O5S. The number of hydrogen-bond donors (Lipinski definition) is 3. The largest absolute Gasteiger partial charge is 0.490 e. The second-order valence-corrected chi connectivity index (χ2v) is 11.5. The van der Waals surface area contributed by atoms with Gasteiger partial charge in [-0.25, -0.2) is 8.42 Å². The smallest absolute Gasteiger partial charge is 0.322 e. The summed E-state index contributed by atoms with van der Waals surface area (Å²) in [5, 5.41) is 15.4. The minimum atomic E-state index is -4.06. The number of ether oxygens (including phenoxy) is 2. The van der Waals surface area contributed by atoms with Gasteiger partial charge in [-0.2, -0.15) is 0 Å². The number of nitrogens with zero attached hydrogens (tertiary/aromatic N) is 2. The van der Waals surface area contributed by atoms with Gasteiger partial charge in [0.2, 0.25) is 10.0 Å². The molecule has 2 aromatic carbocycles. The van der Waals surface area contributed by atoms with Gasteiger partial charge in [-0.3, -0.25) is 19.9 Å². The molecule has 4 N–H and O–H groups in total. The first-order chi connectivity index (χ1) is 18.4. The molecule has 10 nitrogen and oxygen atoms in total. The Kier molecular flexibility index (Phi) is 9.74. The first-order valence-electron chi connectivity index (χ1n) is 12.7. The van der Waals surface area contributed by atoms with Gasteiger partial charge >= 0.3 is 5.97 Å². The number of carbonyl (C=O) groups is 1. The summed E-state index contributed by atoms with van der Waals surface area (Å²) in [4.78, 5) is 13.9. The van der Waals surface area contributed by atoms with Crippen LogP contribution in [-0.4, -0.2) is 69.6 Å². The number of nitrogens with two attached hydrogens (primary N) is 1. The Hall–Kier alpha value is -3.86. The third kappa shape index (κ3) is 7.82. The van der Waals surface area contributed by atoms with Crippen LogP contribution < -0.4 is 14.8 Å². The second-order valence-electron chi connectivity index (χ2n) is 9.60. The number of esters is 1. The highest BCUT2D eigenvalue weighted by atomic mass is 32.2. The van der Waals surface area contributed by atoms with E-state index in [4.69, 9.17) is 21.3 Å². The summed E-state index contributed by atoms with van der Waals surface area (Å²) in [7, 11) is -2.91. The zero-order valence-corrected chi connectivity index (χ0v) is 23.7. The number of nitrogens with one attached hydrogen (secondary N) is 2. The molecule has 0 atom stereocenters. The van der Waals surface area contributed by atoms with Gasteiger partial charge in [-0.1, -0.05) is 30.4 Å². The molecule has 11 heteroatoms. The molecule has 0 aromatic heterocycles. The van der Waals surface area contributed by atoms with Crippen molar-refractivity contribution in [2.75, 3.05) is 36.8 Å². The molecule has 39 heavy (non-hydrogen) atoms. The van der Waals surface area contributed by atoms with Gasteiger partial charge in [0.25, 0.3) is 0 Å². The van der Waals surface area contributed by atoms with Crippen LogP contribution >= 0.6 is 0 Å². The number of hydrogen-bond acceptors (Lipinski definition) is 7. The van der Waals surface area contributed by atoms with Gasteiger partial charge in [-0.05, 0) is 55.7 Å². The topological polar surface area (TPSA) is 150 Å². The van der Waals surface area contributed by atoms with Crippen molar-refractivity contribution in [3.05, 3.63) is 64.7 Å². The number of sulfonamides is 1. The number of rotatable bonds is 10. The Bertz CT molecular complexity index is 1340. The fourth-order valence-corrected chi connectivity index (χ4v) is 5.80. The van der Waals surface area contributed by atoms with Crippen molar-refractivity contribution in [1.29, 1.82) is 10.8 Å². The van der Waals surface area contributed by atoms with Gasteiger partial charge in [0.05, 0.1) is 25.2 Å². The van der Waals surface area contributed by atoms with Crippen LogP contribution in [0, 0.1) is 24.7 Å². The molecule has 1 saturated heterocycles. The van der Waals surface area contributed by atoms with Crippen LogP contribution in [0.3, 0.4) is 0 Å². The van der Waals surface area contributed by atoms with E-state index in [9.17, 15) is 13.2 Å². The Balaban J connectivity index is 1.87. The lowest BCUT2D eigenvalue weighted by Gasteiger charge is -2.33. The van der Waals surface area contributed by atoms with Crippen molar-refractivity contribution < 1.29 is 22.7 Å². The summed E-state index contributed by atoms with van der Waals surface area (Å²) < 4.78 is 38.7. The number of amidine groups is 2. The Morgan fingerprint density at radius 2 is 1.79 bits per heavy atom. The maximum absolute atomic E-state index is 13.3. The number of methoxy groups -OCH3 is 1. The van der Waals surface area contributed by atoms with Crippen molar-refractivity contribution in [2.45, 2.75) is 39.7 Å². The molecule has 2 aromatic rings. The van der Waals surface area contributed by atoms with E-state index >= 15 is 0 Å². The van der Waals surface area contributed by atoms with E-state index in [-0.39, 0.29) is 18.5 Å². The molecule has 0 saturated carbocycles. The van der Waals surface area contributed by atoms with E-state index in [0.29, 0.717) is 22.8 Å². The Morgan fingerprint density at radius 1 is 1.15 bits per heavy atom. The van der Waals surface area contributed by atoms with Crippen molar-refractivity contribution in [2.24, 2.45) is 5.73 Å². The lowest BCUT2D eigenvalue weighted by molar-refractivity contribution is -0.137. The highest BCUT2D eigenvalue weighted by Gasteiger charge is 2.27. The van der Waals surface area contributed by atoms with Gasteiger partial charge in [0.15, 0.2) is 5.75 Å². The van der Waals surface area contributed by atoms with Crippen LogP contribution in [0.2, 0.25) is 0 Å². The van der Waals surface area contributed by atoms with Gasteiger partial charge in [-0.15, -0.1) is 0 Å². The number of carbonyl (C=O) groups excluding carboxylic acids is 1. The maximum atomic E-state index is 13.3.